The lowest BCUT2D eigenvalue weighted by Gasteiger charge is -2.11. The number of esters is 1. The lowest BCUT2D eigenvalue weighted by molar-refractivity contribution is -0.119. The van der Waals surface area contributed by atoms with E-state index in [1.54, 1.807) is 6.07 Å². The van der Waals surface area contributed by atoms with E-state index in [1.165, 1.54) is 11.3 Å². The molecule has 0 aliphatic carbocycles. The van der Waals surface area contributed by atoms with Crippen molar-refractivity contribution < 1.29 is 14.3 Å². The average Bonchev–Trinajstić information content (AvgIpc) is 3.00. The largest absolute Gasteiger partial charge is 0.452 e. The number of nitrogens with one attached hydrogen (secondary N) is 1. The molecule has 0 unspecified atom stereocenters. The van der Waals surface area contributed by atoms with Gasteiger partial charge in [0.25, 0.3) is 5.91 Å². The number of ether oxygens (including phenoxy) is 1. The SMILES string of the molecule is Cc1cc(C(=O)OCC(=O)Nc2ccccc2Cc2ccccc2)c(C)s1. The first-order valence-corrected chi connectivity index (χ1v) is 9.50. The van der Waals surface area contributed by atoms with Crippen LogP contribution in [-0.4, -0.2) is 18.5 Å². The molecule has 0 saturated heterocycles. The third-order valence-corrected chi connectivity index (χ3v) is 5.09. The van der Waals surface area contributed by atoms with Crippen LogP contribution in [0.4, 0.5) is 5.69 Å². The second kappa shape index (κ2) is 8.64. The van der Waals surface area contributed by atoms with Gasteiger partial charge in [-0.1, -0.05) is 48.5 Å². The first-order valence-electron chi connectivity index (χ1n) is 8.69. The van der Waals surface area contributed by atoms with E-state index in [-0.39, 0.29) is 12.5 Å². The molecule has 0 atom stereocenters. The van der Waals surface area contributed by atoms with Crippen molar-refractivity contribution in [2.75, 3.05) is 11.9 Å². The molecular weight excluding hydrogens is 358 g/mol. The van der Waals surface area contributed by atoms with Crippen LogP contribution in [0.25, 0.3) is 0 Å². The molecule has 0 spiro atoms. The minimum absolute atomic E-state index is 0.313. The molecule has 0 saturated carbocycles. The molecule has 2 aromatic carbocycles. The Kier molecular flexibility index (Phi) is 6.04. The Morgan fingerprint density at radius 1 is 1.00 bits per heavy atom. The molecule has 138 valence electrons. The van der Waals surface area contributed by atoms with Gasteiger partial charge in [0, 0.05) is 15.4 Å². The molecule has 1 aromatic heterocycles. The van der Waals surface area contributed by atoms with Crippen LogP contribution in [0.5, 0.6) is 0 Å². The number of amides is 1. The van der Waals surface area contributed by atoms with Crippen LogP contribution in [0.15, 0.2) is 60.7 Å². The monoisotopic (exact) mass is 379 g/mol. The van der Waals surface area contributed by atoms with E-state index < -0.39 is 5.97 Å². The predicted octanol–water partition coefficient (Wildman–Crippen LogP) is 4.75. The third kappa shape index (κ3) is 5.05. The number of carbonyl (C=O) groups excluding carboxylic acids is 2. The van der Waals surface area contributed by atoms with Crippen molar-refractivity contribution in [3.05, 3.63) is 87.1 Å². The Labute approximate surface area is 162 Å². The van der Waals surface area contributed by atoms with Crippen LogP contribution in [0, 0.1) is 13.8 Å². The first kappa shape index (κ1) is 18.9. The summed E-state index contributed by atoms with van der Waals surface area (Å²) in [5.74, 6) is -0.821. The quantitative estimate of drug-likeness (QED) is 0.629. The van der Waals surface area contributed by atoms with E-state index in [1.807, 2.05) is 68.4 Å². The van der Waals surface area contributed by atoms with Gasteiger partial charge in [-0.15, -0.1) is 11.3 Å². The van der Waals surface area contributed by atoms with E-state index in [9.17, 15) is 9.59 Å². The fraction of sp³-hybridized carbons (Fsp3) is 0.182. The lowest BCUT2D eigenvalue weighted by Crippen LogP contribution is -2.21. The normalized spacial score (nSPS) is 10.4. The van der Waals surface area contributed by atoms with E-state index in [0.29, 0.717) is 12.0 Å². The Morgan fingerprint density at radius 2 is 1.70 bits per heavy atom. The predicted molar refractivity (Wildman–Crippen MR) is 108 cm³/mol. The van der Waals surface area contributed by atoms with Crippen LogP contribution in [0.2, 0.25) is 0 Å². The van der Waals surface area contributed by atoms with Gasteiger partial charge in [0.1, 0.15) is 0 Å². The van der Waals surface area contributed by atoms with Gasteiger partial charge >= 0.3 is 5.97 Å². The van der Waals surface area contributed by atoms with Crippen molar-refractivity contribution in [2.45, 2.75) is 20.3 Å². The molecule has 1 N–H and O–H groups in total. The summed E-state index contributed by atoms with van der Waals surface area (Å²) in [7, 11) is 0. The molecule has 1 heterocycles. The maximum Gasteiger partial charge on any atom is 0.339 e. The van der Waals surface area contributed by atoms with Crippen LogP contribution in [0.3, 0.4) is 0 Å². The van der Waals surface area contributed by atoms with E-state index in [2.05, 4.69) is 5.32 Å². The molecule has 0 bridgehead atoms. The number of benzene rings is 2. The highest BCUT2D eigenvalue weighted by Crippen LogP contribution is 2.22. The molecule has 27 heavy (non-hydrogen) atoms. The fourth-order valence-corrected chi connectivity index (χ4v) is 3.75. The average molecular weight is 379 g/mol. The Hall–Kier alpha value is -2.92. The second-order valence-electron chi connectivity index (χ2n) is 6.27. The van der Waals surface area contributed by atoms with E-state index >= 15 is 0 Å². The molecule has 3 aromatic rings. The maximum atomic E-state index is 12.3. The van der Waals surface area contributed by atoms with Crippen LogP contribution < -0.4 is 5.32 Å². The van der Waals surface area contributed by atoms with Crippen molar-refractivity contribution in [1.82, 2.24) is 0 Å². The van der Waals surface area contributed by atoms with Gasteiger partial charge < -0.3 is 10.1 Å². The number of rotatable bonds is 6. The summed E-state index contributed by atoms with van der Waals surface area (Å²) in [5.41, 5.74) is 3.42. The Morgan fingerprint density at radius 3 is 2.41 bits per heavy atom. The van der Waals surface area contributed by atoms with Crippen molar-refractivity contribution >= 4 is 28.9 Å². The number of anilines is 1. The molecule has 5 heteroatoms. The zero-order chi connectivity index (χ0) is 19.2. The molecule has 0 fully saturated rings. The number of hydrogen-bond acceptors (Lipinski definition) is 4. The van der Waals surface area contributed by atoms with Crippen molar-refractivity contribution in [2.24, 2.45) is 0 Å². The zero-order valence-electron chi connectivity index (χ0n) is 15.3. The number of hydrogen-bond donors (Lipinski definition) is 1. The second-order valence-corrected chi connectivity index (χ2v) is 7.73. The highest BCUT2D eigenvalue weighted by Gasteiger charge is 2.15. The van der Waals surface area contributed by atoms with Gasteiger partial charge in [-0.25, -0.2) is 4.79 Å². The summed E-state index contributed by atoms with van der Waals surface area (Å²) >= 11 is 1.54. The molecular formula is C22H21NO3S. The topological polar surface area (TPSA) is 55.4 Å². The molecule has 0 radical (unpaired) electrons. The van der Waals surface area contributed by atoms with Gasteiger partial charge in [-0.2, -0.15) is 0 Å². The Balaban J connectivity index is 1.61. The number of aryl methyl sites for hydroxylation is 2. The molecule has 4 nitrogen and oxygen atoms in total. The van der Waals surface area contributed by atoms with E-state index in [0.717, 1.165) is 26.6 Å². The van der Waals surface area contributed by atoms with Gasteiger partial charge in [0.05, 0.1) is 5.56 Å². The van der Waals surface area contributed by atoms with Crippen LogP contribution in [-0.2, 0) is 16.0 Å². The zero-order valence-corrected chi connectivity index (χ0v) is 16.1. The summed E-state index contributed by atoms with van der Waals surface area (Å²) in [4.78, 5) is 26.3. The highest BCUT2D eigenvalue weighted by atomic mass is 32.1. The first-order chi connectivity index (χ1) is 13.0. The molecule has 3 rings (SSSR count). The molecule has 1 amide bonds. The summed E-state index contributed by atoms with van der Waals surface area (Å²) in [6, 6.07) is 19.5. The standard InChI is InChI=1S/C22H21NO3S/c1-15-12-19(16(2)27-15)22(25)26-14-21(24)23-20-11-7-6-10-18(20)13-17-8-4-3-5-9-17/h3-12H,13-14H2,1-2H3,(H,23,24). The summed E-state index contributed by atoms with van der Waals surface area (Å²) in [5, 5.41) is 2.84. The van der Waals surface area contributed by atoms with Gasteiger partial charge in [0.15, 0.2) is 6.61 Å². The van der Waals surface area contributed by atoms with E-state index in [4.69, 9.17) is 4.74 Å². The summed E-state index contributed by atoms with van der Waals surface area (Å²) in [6.45, 7) is 3.49. The Bertz CT molecular complexity index is 947. The minimum atomic E-state index is -0.468. The van der Waals surface area contributed by atoms with Crippen molar-refractivity contribution in [1.29, 1.82) is 0 Å². The summed E-state index contributed by atoms with van der Waals surface area (Å²) < 4.78 is 5.17. The molecule has 0 aliphatic heterocycles. The number of para-hydroxylation sites is 1. The minimum Gasteiger partial charge on any atom is -0.452 e. The summed E-state index contributed by atoms with van der Waals surface area (Å²) in [6.07, 6.45) is 0.713. The van der Waals surface area contributed by atoms with Crippen LogP contribution >= 0.6 is 11.3 Å². The maximum absolute atomic E-state index is 12.3. The van der Waals surface area contributed by atoms with Crippen molar-refractivity contribution in [3.8, 4) is 0 Å². The van der Waals surface area contributed by atoms with Gasteiger partial charge in [0.2, 0.25) is 0 Å². The van der Waals surface area contributed by atoms with Crippen molar-refractivity contribution in [3.63, 3.8) is 0 Å². The molecule has 0 aliphatic rings. The fourth-order valence-electron chi connectivity index (χ4n) is 2.84. The number of thiophene rings is 1. The van der Waals surface area contributed by atoms with Gasteiger partial charge in [-0.05, 0) is 43.5 Å². The number of carbonyl (C=O) groups is 2. The third-order valence-electron chi connectivity index (χ3n) is 4.12. The van der Waals surface area contributed by atoms with Crippen LogP contribution in [0.1, 0.15) is 31.2 Å². The smallest absolute Gasteiger partial charge is 0.339 e. The lowest BCUT2D eigenvalue weighted by atomic mass is 10.0. The highest BCUT2D eigenvalue weighted by molar-refractivity contribution is 7.12. The van der Waals surface area contributed by atoms with Gasteiger partial charge in [-0.3, -0.25) is 4.79 Å².